The van der Waals surface area contributed by atoms with Gasteiger partial charge in [-0.25, -0.2) is 4.98 Å². The molecule has 5 heteroatoms. The van der Waals surface area contributed by atoms with Crippen LogP contribution in [0.25, 0.3) is 11.3 Å². The lowest BCUT2D eigenvalue weighted by molar-refractivity contribution is 0.0668. The Balaban J connectivity index is 1.94. The Hall–Kier alpha value is -1.43. The number of aromatic hydroxyl groups is 1. The van der Waals surface area contributed by atoms with Crippen molar-refractivity contribution in [2.75, 3.05) is 13.1 Å². The van der Waals surface area contributed by atoms with E-state index in [9.17, 15) is 10.2 Å². The number of aliphatic hydroxyl groups excluding tert-OH is 1. The van der Waals surface area contributed by atoms with Crippen LogP contribution in [-0.2, 0) is 17.4 Å². The summed E-state index contributed by atoms with van der Waals surface area (Å²) in [5.41, 5.74) is 3.65. The van der Waals surface area contributed by atoms with Crippen LogP contribution in [0.1, 0.15) is 70.5 Å². The minimum absolute atomic E-state index is 0.150. The molecule has 0 bridgehead atoms. The summed E-state index contributed by atoms with van der Waals surface area (Å²) in [6, 6.07) is 4.18. The van der Waals surface area contributed by atoms with Gasteiger partial charge in [0.1, 0.15) is 10.8 Å². The average molecular weight is 403 g/mol. The highest BCUT2D eigenvalue weighted by atomic mass is 32.1. The minimum atomic E-state index is -0.214. The zero-order valence-corrected chi connectivity index (χ0v) is 18.9. The van der Waals surface area contributed by atoms with Crippen molar-refractivity contribution in [2.45, 2.75) is 77.9 Å². The van der Waals surface area contributed by atoms with Crippen molar-refractivity contribution in [1.29, 1.82) is 0 Å². The average Bonchev–Trinajstić information content (AvgIpc) is 3.01. The van der Waals surface area contributed by atoms with Crippen molar-refractivity contribution in [1.82, 2.24) is 9.88 Å². The van der Waals surface area contributed by atoms with Gasteiger partial charge >= 0.3 is 0 Å². The Morgan fingerprint density at radius 3 is 2.25 bits per heavy atom. The summed E-state index contributed by atoms with van der Waals surface area (Å²) in [5, 5.41) is 24.0. The van der Waals surface area contributed by atoms with Crippen LogP contribution in [-0.4, -0.2) is 39.3 Å². The lowest BCUT2D eigenvalue weighted by Gasteiger charge is -2.29. The number of nitrogens with zero attached hydrogens (tertiary/aromatic N) is 2. The molecule has 154 valence electrons. The smallest absolute Gasteiger partial charge is 0.123 e. The zero-order valence-electron chi connectivity index (χ0n) is 18.0. The first kappa shape index (κ1) is 21.3. The Labute approximate surface area is 173 Å². The third kappa shape index (κ3) is 4.76. The second kappa shape index (κ2) is 7.77. The molecule has 0 saturated carbocycles. The quantitative estimate of drug-likeness (QED) is 0.753. The number of piperidine rings is 1. The van der Waals surface area contributed by atoms with Gasteiger partial charge < -0.3 is 10.2 Å². The van der Waals surface area contributed by atoms with Gasteiger partial charge in [-0.15, -0.1) is 11.3 Å². The van der Waals surface area contributed by atoms with Gasteiger partial charge in [-0.1, -0.05) is 41.5 Å². The molecule has 1 aliphatic rings. The summed E-state index contributed by atoms with van der Waals surface area (Å²) >= 11 is 1.67. The second-order valence-electron chi connectivity index (χ2n) is 10.1. The van der Waals surface area contributed by atoms with E-state index in [1.807, 2.05) is 0 Å². The number of rotatable bonds is 3. The van der Waals surface area contributed by atoms with Crippen LogP contribution in [0.3, 0.4) is 0 Å². The first-order valence-corrected chi connectivity index (χ1v) is 11.1. The monoisotopic (exact) mass is 402 g/mol. The molecule has 2 aromatic rings. The molecular formula is C23H34N2O2S. The van der Waals surface area contributed by atoms with E-state index in [-0.39, 0.29) is 16.9 Å². The number of β-amino-alcohol motifs (C(OH)–C–C–N with tert-alkyl or cyclic N) is 1. The molecule has 1 aromatic heterocycles. The fourth-order valence-corrected chi connectivity index (χ4v) is 4.65. The van der Waals surface area contributed by atoms with E-state index in [1.165, 1.54) is 0 Å². The Bertz CT molecular complexity index is 795. The molecule has 0 aliphatic carbocycles. The van der Waals surface area contributed by atoms with Crippen molar-refractivity contribution < 1.29 is 10.2 Å². The maximum atomic E-state index is 10.9. The van der Waals surface area contributed by atoms with E-state index in [4.69, 9.17) is 4.98 Å². The van der Waals surface area contributed by atoms with Crippen LogP contribution in [0.15, 0.2) is 17.5 Å². The third-order valence-electron chi connectivity index (χ3n) is 5.41. The molecule has 2 heterocycles. The molecule has 3 rings (SSSR count). The van der Waals surface area contributed by atoms with Crippen LogP contribution in [0.4, 0.5) is 0 Å². The van der Waals surface area contributed by atoms with E-state index >= 15 is 0 Å². The summed E-state index contributed by atoms with van der Waals surface area (Å²) in [5.74, 6) is 0.404. The Kier molecular flexibility index (Phi) is 5.91. The molecule has 28 heavy (non-hydrogen) atoms. The van der Waals surface area contributed by atoms with E-state index in [2.05, 4.69) is 64.0 Å². The summed E-state index contributed by atoms with van der Waals surface area (Å²) < 4.78 is 0. The largest absolute Gasteiger partial charge is 0.507 e. The van der Waals surface area contributed by atoms with Gasteiger partial charge in [0.2, 0.25) is 0 Å². The van der Waals surface area contributed by atoms with E-state index in [0.29, 0.717) is 5.75 Å². The number of phenols is 1. The number of benzene rings is 1. The summed E-state index contributed by atoms with van der Waals surface area (Å²) in [4.78, 5) is 7.18. The number of hydrogen-bond acceptors (Lipinski definition) is 5. The number of thiazole rings is 1. The van der Waals surface area contributed by atoms with E-state index < -0.39 is 0 Å². The van der Waals surface area contributed by atoms with Crippen LogP contribution in [0, 0.1) is 0 Å². The summed E-state index contributed by atoms with van der Waals surface area (Å²) in [7, 11) is 0. The van der Waals surface area contributed by atoms with Gasteiger partial charge in [0.05, 0.1) is 18.3 Å². The van der Waals surface area contributed by atoms with Crippen LogP contribution >= 0.6 is 11.3 Å². The van der Waals surface area contributed by atoms with Gasteiger partial charge in [-0.2, -0.15) is 0 Å². The summed E-state index contributed by atoms with van der Waals surface area (Å²) in [6.07, 6.45) is 1.73. The summed E-state index contributed by atoms with van der Waals surface area (Å²) in [6.45, 7) is 15.3. The first-order chi connectivity index (χ1) is 12.9. The predicted octanol–water partition coefficient (Wildman–Crippen LogP) is 5.07. The molecular weight excluding hydrogens is 368 g/mol. The molecule has 1 aromatic carbocycles. The maximum Gasteiger partial charge on any atom is 0.123 e. The SMILES string of the molecule is CC(C)(C)c1cc(-c2csc(CN3CCC[C@@H](O)C3)n2)cc(C(C)(C)C)c1O. The van der Waals surface area contributed by atoms with Crippen molar-refractivity contribution >= 4 is 11.3 Å². The van der Waals surface area contributed by atoms with Crippen LogP contribution < -0.4 is 0 Å². The predicted molar refractivity (Wildman–Crippen MR) is 117 cm³/mol. The zero-order chi connectivity index (χ0) is 20.7. The molecule has 0 amide bonds. The first-order valence-electron chi connectivity index (χ1n) is 10.2. The highest BCUT2D eigenvalue weighted by Gasteiger charge is 2.27. The lowest BCUT2D eigenvalue weighted by Crippen LogP contribution is -2.37. The van der Waals surface area contributed by atoms with Crippen molar-refractivity contribution in [3.8, 4) is 17.0 Å². The van der Waals surface area contributed by atoms with Gasteiger partial charge in [0.25, 0.3) is 0 Å². The van der Waals surface area contributed by atoms with Gasteiger partial charge in [0.15, 0.2) is 0 Å². The Morgan fingerprint density at radius 1 is 1.11 bits per heavy atom. The number of aromatic nitrogens is 1. The van der Waals surface area contributed by atoms with Gasteiger partial charge in [0, 0.05) is 28.6 Å². The second-order valence-corrected chi connectivity index (χ2v) is 11.0. The highest BCUT2D eigenvalue weighted by molar-refractivity contribution is 7.09. The van der Waals surface area contributed by atoms with Gasteiger partial charge in [-0.3, -0.25) is 4.90 Å². The standard InChI is InChI=1S/C23H34N2O2S/c1-22(2,3)17-10-15(11-18(21(17)27)23(4,5)6)19-14-28-20(24-19)13-25-9-7-8-16(26)12-25/h10-11,14,16,26-27H,7-9,12-13H2,1-6H3/t16-/m1/s1. The fraction of sp³-hybridized carbons (Fsp3) is 0.609. The van der Waals surface area contributed by atoms with E-state index in [0.717, 1.165) is 59.9 Å². The fourth-order valence-electron chi connectivity index (χ4n) is 3.81. The highest BCUT2D eigenvalue weighted by Crippen LogP contribution is 2.42. The van der Waals surface area contributed by atoms with Crippen molar-refractivity contribution in [2.24, 2.45) is 0 Å². The molecule has 0 radical (unpaired) electrons. The number of likely N-dealkylation sites (tertiary alicyclic amines) is 1. The molecule has 1 aliphatic heterocycles. The molecule has 1 saturated heterocycles. The topological polar surface area (TPSA) is 56.6 Å². The molecule has 0 unspecified atom stereocenters. The van der Waals surface area contributed by atoms with Crippen molar-refractivity contribution in [3.63, 3.8) is 0 Å². The maximum absolute atomic E-state index is 10.9. The molecule has 0 spiro atoms. The number of hydrogen-bond donors (Lipinski definition) is 2. The number of phenolic OH excluding ortho intramolecular Hbond substituents is 1. The van der Waals surface area contributed by atoms with Crippen molar-refractivity contribution in [3.05, 3.63) is 33.6 Å². The minimum Gasteiger partial charge on any atom is -0.507 e. The Morgan fingerprint density at radius 2 is 1.71 bits per heavy atom. The lowest BCUT2D eigenvalue weighted by atomic mass is 9.78. The number of aliphatic hydroxyl groups is 1. The van der Waals surface area contributed by atoms with E-state index in [1.54, 1.807) is 11.3 Å². The normalized spacial score (nSPS) is 19.2. The molecule has 2 N–H and O–H groups in total. The third-order valence-corrected chi connectivity index (χ3v) is 6.25. The molecule has 4 nitrogen and oxygen atoms in total. The van der Waals surface area contributed by atoms with Crippen LogP contribution in [0.2, 0.25) is 0 Å². The molecule has 1 fully saturated rings. The van der Waals surface area contributed by atoms with Gasteiger partial charge in [-0.05, 0) is 42.3 Å². The van der Waals surface area contributed by atoms with Crippen LogP contribution in [0.5, 0.6) is 5.75 Å². The molecule has 1 atom stereocenters.